The van der Waals surface area contributed by atoms with Crippen LogP contribution in [0.5, 0.6) is 0 Å². The van der Waals surface area contributed by atoms with Gasteiger partial charge in [0.25, 0.3) is 0 Å². The van der Waals surface area contributed by atoms with Crippen molar-refractivity contribution in [3.8, 4) is 0 Å². The lowest BCUT2D eigenvalue weighted by atomic mass is 9.89. The summed E-state index contributed by atoms with van der Waals surface area (Å²) in [5, 5.41) is 0. The molecule has 0 aliphatic carbocycles. The van der Waals surface area contributed by atoms with Gasteiger partial charge in [0.1, 0.15) is 0 Å². The molecule has 0 saturated heterocycles. The van der Waals surface area contributed by atoms with Crippen molar-refractivity contribution in [3.05, 3.63) is 38.9 Å². The average Bonchev–Trinajstić information content (AvgIpc) is 2.42. The standard InChI is InChI=1S/C18H24BrF3/c1-5-8-13(9-6-2)14(7-3)15-11-17(19)16(10-12(15)4)18(20,21)22/h10-11H,5-9H2,1-4H3. The SMILES string of the molecule is CCCC(CCC)=C(CC)c1cc(Br)c(C(F)(F)F)cc1C. The molecule has 124 valence electrons. The minimum absolute atomic E-state index is 0.124. The first-order valence-corrected chi connectivity index (χ1v) is 8.64. The molecule has 0 atom stereocenters. The van der Waals surface area contributed by atoms with Gasteiger partial charge in [-0.05, 0) is 55.0 Å². The lowest BCUT2D eigenvalue weighted by molar-refractivity contribution is -0.138. The van der Waals surface area contributed by atoms with Crippen LogP contribution in [0.4, 0.5) is 13.2 Å². The second-order valence-electron chi connectivity index (χ2n) is 5.58. The highest BCUT2D eigenvalue weighted by atomic mass is 79.9. The number of hydrogen-bond acceptors (Lipinski definition) is 0. The van der Waals surface area contributed by atoms with Crippen LogP contribution in [0.3, 0.4) is 0 Å². The van der Waals surface area contributed by atoms with Gasteiger partial charge in [-0.1, -0.05) is 55.1 Å². The highest BCUT2D eigenvalue weighted by molar-refractivity contribution is 9.10. The van der Waals surface area contributed by atoms with Crippen molar-refractivity contribution >= 4 is 21.5 Å². The zero-order chi connectivity index (χ0) is 16.9. The molecule has 1 aromatic carbocycles. The molecule has 1 rings (SSSR count). The molecule has 1 aromatic rings. The Morgan fingerprint density at radius 3 is 2.00 bits per heavy atom. The van der Waals surface area contributed by atoms with E-state index in [1.54, 1.807) is 13.0 Å². The largest absolute Gasteiger partial charge is 0.417 e. The van der Waals surface area contributed by atoms with E-state index in [4.69, 9.17) is 0 Å². The first kappa shape index (κ1) is 19.3. The molecule has 0 N–H and O–H groups in total. The highest BCUT2D eigenvalue weighted by Gasteiger charge is 2.33. The Hall–Kier alpha value is -0.770. The Kier molecular flexibility index (Phi) is 7.17. The molecular weight excluding hydrogens is 353 g/mol. The van der Waals surface area contributed by atoms with Gasteiger partial charge in [-0.25, -0.2) is 0 Å². The molecule has 0 aliphatic rings. The fraction of sp³-hybridized carbons (Fsp3) is 0.556. The normalized spacial score (nSPS) is 11.6. The van der Waals surface area contributed by atoms with Crippen molar-refractivity contribution < 1.29 is 13.2 Å². The topological polar surface area (TPSA) is 0 Å². The fourth-order valence-electron chi connectivity index (χ4n) is 2.89. The maximum Gasteiger partial charge on any atom is 0.417 e. The zero-order valence-corrected chi connectivity index (χ0v) is 15.3. The van der Waals surface area contributed by atoms with E-state index in [-0.39, 0.29) is 4.47 Å². The van der Waals surface area contributed by atoms with Crippen molar-refractivity contribution in [2.75, 3.05) is 0 Å². The summed E-state index contributed by atoms with van der Waals surface area (Å²) in [7, 11) is 0. The number of rotatable bonds is 6. The first-order chi connectivity index (χ1) is 10.3. The summed E-state index contributed by atoms with van der Waals surface area (Å²) < 4.78 is 39.1. The quantitative estimate of drug-likeness (QED) is 0.480. The molecular formula is C18H24BrF3. The van der Waals surface area contributed by atoms with E-state index in [0.29, 0.717) is 5.56 Å². The van der Waals surface area contributed by atoms with Gasteiger partial charge < -0.3 is 0 Å². The summed E-state index contributed by atoms with van der Waals surface area (Å²) in [6.07, 6.45) is 0.644. The van der Waals surface area contributed by atoms with Gasteiger partial charge in [0.15, 0.2) is 0 Å². The van der Waals surface area contributed by atoms with E-state index >= 15 is 0 Å². The molecule has 0 amide bonds. The number of benzene rings is 1. The van der Waals surface area contributed by atoms with E-state index in [1.165, 1.54) is 17.2 Å². The van der Waals surface area contributed by atoms with E-state index in [1.807, 2.05) is 0 Å². The summed E-state index contributed by atoms with van der Waals surface area (Å²) in [5.74, 6) is 0. The lowest BCUT2D eigenvalue weighted by Gasteiger charge is -2.19. The smallest absolute Gasteiger partial charge is 0.166 e. The van der Waals surface area contributed by atoms with E-state index < -0.39 is 11.7 Å². The Bertz CT molecular complexity index is 534. The summed E-state index contributed by atoms with van der Waals surface area (Å²) in [5.41, 5.74) is 3.62. The van der Waals surface area contributed by atoms with E-state index in [9.17, 15) is 13.2 Å². The minimum atomic E-state index is -4.33. The Morgan fingerprint density at radius 1 is 1.05 bits per heavy atom. The molecule has 4 heteroatoms. The van der Waals surface area contributed by atoms with Crippen LogP contribution in [-0.2, 0) is 6.18 Å². The second kappa shape index (κ2) is 8.19. The second-order valence-corrected chi connectivity index (χ2v) is 6.43. The summed E-state index contributed by atoms with van der Waals surface area (Å²) in [4.78, 5) is 0. The van der Waals surface area contributed by atoms with Crippen LogP contribution in [0.2, 0.25) is 0 Å². The monoisotopic (exact) mass is 376 g/mol. The van der Waals surface area contributed by atoms with Crippen LogP contribution >= 0.6 is 15.9 Å². The Labute approximate surface area is 139 Å². The third-order valence-electron chi connectivity index (χ3n) is 3.83. The Morgan fingerprint density at radius 2 is 1.59 bits per heavy atom. The van der Waals surface area contributed by atoms with Crippen LogP contribution in [-0.4, -0.2) is 0 Å². The molecule has 0 radical (unpaired) electrons. The average molecular weight is 377 g/mol. The molecule has 22 heavy (non-hydrogen) atoms. The van der Waals surface area contributed by atoms with Gasteiger partial charge in [0.2, 0.25) is 0 Å². The highest BCUT2D eigenvalue weighted by Crippen LogP contribution is 2.39. The van der Waals surface area contributed by atoms with E-state index in [2.05, 4.69) is 36.7 Å². The van der Waals surface area contributed by atoms with Gasteiger partial charge in [-0.15, -0.1) is 0 Å². The summed E-state index contributed by atoms with van der Waals surface area (Å²) in [6.45, 7) is 8.12. The molecule has 0 fully saturated rings. The van der Waals surface area contributed by atoms with Gasteiger partial charge in [0.05, 0.1) is 5.56 Å². The number of hydrogen-bond donors (Lipinski definition) is 0. The molecule has 0 heterocycles. The van der Waals surface area contributed by atoms with Crippen LogP contribution < -0.4 is 0 Å². The summed E-state index contributed by atoms with van der Waals surface area (Å²) >= 11 is 3.10. The number of halogens is 4. The molecule has 0 bridgehead atoms. The van der Waals surface area contributed by atoms with Crippen molar-refractivity contribution in [2.24, 2.45) is 0 Å². The molecule has 0 aromatic heterocycles. The van der Waals surface area contributed by atoms with Gasteiger partial charge in [-0.2, -0.15) is 13.2 Å². The van der Waals surface area contributed by atoms with Gasteiger partial charge in [-0.3, -0.25) is 0 Å². The number of allylic oxidation sites excluding steroid dienone is 2. The van der Waals surface area contributed by atoms with Crippen LogP contribution in [0, 0.1) is 6.92 Å². The Balaban J connectivity index is 3.46. The maximum absolute atomic E-state index is 13.0. The third-order valence-corrected chi connectivity index (χ3v) is 4.48. The van der Waals surface area contributed by atoms with Gasteiger partial charge >= 0.3 is 6.18 Å². The third kappa shape index (κ3) is 4.61. The zero-order valence-electron chi connectivity index (χ0n) is 13.7. The fourth-order valence-corrected chi connectivity index (χ4v) is 3.45. The number of alkyl halides is 3. The van der Waals surface area contributed by atoms with Crippen molar-refractivity contribution in [1.29, 1.82) is 0 Å². The molecule has 0 spiro atoms. The van der Waals surface area contributed by atoms with Crippen LogP contribution in [0.1, 0.15) is 69.6 Å². The lowest BCUT2D eigenvalue weighted by Crippen LogP contribution is -2.08. The number of aryl methyl sites for hydroxylation is 1. The maximum atomic E-state index is 13.0. The molecule has 0 nitrogen and oxygen atoms in total. The predicted molar refractivity (Wildman–Crippen MR) is 90.9 cm³/mol. The predicted octanol–water partition coefficient (Wildman–Crippen LogP) is 7.54. The van der Waals surface area contributed by atoms with Crippen LogP contribution in [0.15, 0.2) is 22.2 Å². The van der Waals surface area contributed by atoms with E-state index in [0.717, 1.165) is 37.7 Å². The molecule has 0 saturated carbocycles. The minimum Gasteiger partial charge on any atom is -0.166 e. The first-order valence-electron chi connectivity index (χ1n) is 7.84. The van der Waals surface area contributed by atoms with Crippen molar-refractivity contribution in [1.82, 2.24) is 0 Å². The molecule has 0 aliphatic heterocycles. The van der Waals surface area contributed by atoms with Gasteiger partial charge in [0, 0.05) is 4.47 Å². The summed E-state index contributed by atoms with van der Waals surface area (Å²) in [6, 6.07) is 2.90. The van der Waals surface area contributed by atoms with Crippen molar-refractivity contribution in [2.45, 2.75) is 66.0 Å². The molecule has 0 unspecified atom stereocenters. The van der Waals surface area contributed by atoms with Crippen molar-refractivity contribution in [3.63, 3.8) is 0 Å². The van der Waals surface area contributed by atoms with Crippen LogP contribution in [0.25, 0.3) is 5.57 Å².